The summed E-state index contributed by atoms with van der Waals surface area (Å²) >= 11 is 4.43. The first-order valence-electron chi connectivity index (χ1n) is 6.04. The van der Waals surface area contributed by atoms with Crippen LogP contribution in [0.5, 0.6) is 5.75 Å². The van der Waals surface area contributed by atoms with E-state index in [9.17, 15) is 13.2 Å². The Hall–Kier alpha value is -1.43. The van der Waals surface area contributed by atoms with E-state index in [0.29, 0.717) is 6.54 Å². The molecule has 1 saturated heterocycles. The highest BCUT2D eigenvalue weighted by molar-refractivity contribution is 7.78. The van der Waals surface area contributed by atoms with Crippen LogP contribution in [0.4, 0.5) is 18.9 Å². The number of nitrogens with zero attached hydrogens (tertiary/aromatic N) is 2. The van der Waals surface area contributed by atoms with E-state index in [4.69, 9.17) is 4.74 Å². The lowest BCUT2D eigenvalue weighted by molar-refractivity contribution is -0.137. The summed E-state index contributed by atoms with van der Waals surface area (Å²) in [6.45, 7) is 1.57. The Bertz CT molecular complexity index is 541. The van der Waals surface area contributed by atoms with Gasteiger partial charge < -0.3 is 9.64 Å². The zero-order chi connectivity index (χ0) is 14.8. The first-order valence-corrected chi connectivity index (χ1v) is 6.44. The van der Waals surface area contributed by atoms with Crippen molar-refractivity contribution in [2.24, 2.45) is 4.99 Å². The van der Waals surface area contributed by atoms with Gasteiger partial charge in [0.25, 0.3) is 0 Å². The number of hydrogen-bond acceptors (Lipinski definition) is 4. The van der Waals surface area contributed by atoms with E-state index in [-0.39, 0.29) is 17.5 Å². The lowest BCUT2D eigenvalue weighted by Gasteiger charge is -2.16. The Morgan fingerprint density at radius 2 is 2.15 bits per heavy atom. The Morgan fingerprint density at radius 1 is 1.40 bits per heavy atom. The van der Waals surface area contributed by atoms with Gasteiger partial charge in [-0.05, 0) is 37.8 Å². The second kappa shape index (κ2) is 5.91. The number of isothiocyanates is 1. The third kappa shape index (κ3) is 3.79. The van der Waals surface area contributed by atoms with Crippen LogP contribution in [0.2, 0.25) is 0 Å². The third-order valence-electron chi connectivity index (χ3n) is 3.04. The van der Waals surface area contributed by atoms with E-state index in [1.54, 1.807) is 0 Å². The summed E-state index contributed by atoms with van der Waals surface area (Å²) in [5.74, 6) is 0.157. The maximum absolute atomic E-state index is 12.8. The quantitative estimate of drug-likeness (QED) is 0.631. The molecule has 20 heavy (non-hydrogen) atoms. The summed E-state index contributed by atoms with van der Waals surface area (Å²) in [5, 5.41) is 2.07. The van der Waals surface area contributed by atoms with E-state index in [1.165, 1.54) is 6.07 Å². The van der Waals surface area contributed by atoms with Crippen LogP contribution in [0.1, 0.15) is 12.0 Å². The summed E-state index contributed by atoms with van der Waals surface area (Å²) in [5.41, 5.74) is -0.707. The van der Waals surface area contributed by atoms with Gasteiger partial charge in [0.05, 0.1) is 16.4 Å². The molecule has 0 aliphatic carbocycles. The van der Waals surface area contributed by atoms with Gasteiger partial charge in [0.1, 0.15) is 11.9 Å². The highest BCUT2D eigenvalue weighted by Crippen LogP contribution is 2.35. The monoisotopic (exact) mass is 302 g/mol. The van der Waals surface area contributed by atoms with Gasteiger partial charge in [0, 0.05) is 19.2 Å². The average Bonchev–Trinajstić information content (AvgIpc) is 2.74. The van der Waals surface area contributed by atoms with Gasteiger partial charge in [-0.15, -0.1) is 0 Å². The van der Waals surface area contributed by atoms with Gasteiger partial charge in [-0.1, -0.05) is 0 Å². The normalized spacial score (nSPS) is 19.7. The number of likely N-dealkylation sites (tertiary alicyclic amines) is 1. The fourth-order valence-electron chi connectivity index (χ4n) is 2.12. The maximum Gasteiger partial charge on any atom is 0.416 e. The minimum absolute atomic E-state index is 0.0937. The molecule has 1 aliphatic rings. The summed E-state index contributed by atoms with van der Waals surface area (Å²) in [6, 6.07) is 3.35. The number of aliphatic imine (C=N–C) groups is 1. The van der Waals surface area contributed by atoms with Crippen molar-refractivity contribution in [3.8, 4) is 5.75 Å². The molecule has 0 radical (unpaired) electrons. The van der Waals surface area contributed by atoms with Crippen molar-refractivity contribution < 1.29 is 17.9 Å². The molecule has 108 valence electrons. The van der Waals surface area contributed by atoms with E-state index in [2.05, 4.69) is 27.3 Å². The molecule has 1 atom stereocenters. The second-order valence-corrected chi connectivity index (χ2v) is 4.89. The Balaban J connectivity index is 2.27. The van der Waals surface area contributed by atoms with Crippen LogP contribution in [-0.4, -0.2) is 36.3 Å². The molecule has 7 heteroatoms. The Morgan fingerprint density at radius 3 is 2.70 bits per heavy atom. The topological polar surface area (TPSA) is 24.8 Å². The van der Waals surface area contributed by atoms with Gasteiger partial charge in [-0.3, -0.25) is 0 Å². The van der Waals surface area contributed by atoms with Crippen LogP contribution in [0, 0.1) is 0 Å². The molecular weight excluding hydrogens is 289 g/mol. The summed E-state index contributed by atoms with van der Waals surface area (Å²) < 4.78 is 44.0. The molecule has 0 unspecified atom stereocenters. The summed E-state index contributed by atoms with van der Waals surface area (Å²) in [4.78, 5) is 5.67. The third-order valence-corrected chi connectivity index (χ3v) is 3.14. The zero-order valence-corrected chi connectivity index (χ0v) is 11.6. The average molecular weight is 302 g/mol. The SMILES string of the molecule is CN1CC[C@@H](Oc2cc(N=C=S)cc(C(F)(F)F)c2)C1. The van der Waals surface area contributed by atoms with Crippen molar-refractivity contribution in [3.63, 3.8) is 0 Å². The van der Waals surface area contributed by atoms with Crippen LogP contribution in [0.25, 0.3) is 0 Å². The van der Waals surface area contributed by atoms with Crippen LogP contribution >= 0.6 is 12.2 Å². The molecule has 1 fully saturated rings. The molecule has 0 N–H and O–H groups in total. The van der Waals surface area contributed by atoms with Crippen LogP contribution in [-0.2, 0) is 6.18 Å². The highest BCUT2D eigenvalue weighted by Gasteiger charge is 2.32. The number of alkyl halides is 3. The molecule has 3 nitrogen and oxygen atoms in total. The van der Waals surface area contributed by atoms with Crippen LogP contribution < -0.4 is 4.74 Å². The van der Waals surface area contributed by atoms with Gasteiger partial charge in [0.15, 0.2) is 0 Å². The Labute approximate surface area is 120 Å². The smallest absolute Gasteiger partial charge is 0.416 e. The lowest BCUT2D eigenvalue weighted by Crippen LogP contribution is -2.21. The lowest BCUT2D eigenvalue weighted by atomic mass is 10.2. The molecule has 0 amide bonds. The fraction of sp³-hybridized carbons (Fsp3) is 0.462. The molecule has 1 aromatic carbocycles. The van der Waals surface area contributed by atoms with Crippen LogP contribution in [0.3, 0.4) is 0 Å². The van der Waals surface area contributed by atoms with Crippen molar-refractivity contribution in [1.29, 1.82) is 0 Å². The molecule has 0 bridgehead atoms. The number of thiocarbonyl (C=S) groups is 1. The van der Waals surface area contributed by atoms with Crippen LogP contribution in [0.15, 0.2) is 23.2 Å². The molecule has 0 aromatic heterocycles. The maximum atomic E-state index is 12.8. The highest BCUT2D eigenvalue weighted by atomic mass is 32.1. The number of halogens is 3. The van der Waals surface area contributed by atoms with Gasteiger partial charge in [0.2, 0.25) is 0 Å². The first kappa shape index (κ1) is 15.0. The number of likely N-dealkylation sites (N-methyl/N-ethyl adjacent to an activating group) is 1. The number of benzene rings is 1. The van der Waals surface area contributed by atoms with E-state index >= 15 is 0 Å². The predicted molar refractivity (Wildman–Crippen MR) is 72.7 cm³/mol. The molecule has 1 aromatic rings. The van der Waals surface area contributed by atoms with E-state index in [0.717, 1.165) is 25.1 Å². The van der Waals surface area contributed by atoms with Gasteiger partial charge >= 0.3 is 6.18 Å². The standard InChI is InChI=1S/C13H13F3N2OS/c1-18-3-2-11(7-18)19-12-5-9(13(14,15)16)4-10(6-12)17-8-20/h4-6,11H,2-3,7H2,1H3/t11-/m1/s1. The van der Waals surface area contributed by atoms with E-state index in [1.807, 2.05) is 7.05 Å². The van der Waals surface area contributed by atoms with Gasteiger partial charge in [-0.2, -0.15) is 18.2 Å². The summed E-state index contributed by atoms with van der Waals surface area (Å²) in [7, 11) is 1.94. The summed E-state index contributed by atoms with van der Waals surface area (Å²) in [6.07, 6.45) is -3.76. The van der Waals surface area contributed by atoms with Gasteiger partial charge in [-0.25, -0.2) is 0 Å². The van der Waals surface area contributed by atoms with Crippen molar-refractivity contribution >= 4 is 23.1 Å². The number of ether oxygens (including phenoxy) is 1. The van der Waals surface area contributed by atoms with E-state index < -0.39 is 11.7 Å². The predicted octanol–water partition coefficient (Wildman–Crippen LogP) is 3.52. The molecule has 0 saturated carbocycles. The minimum Gasteiger partial charge on any atom is -0.489 e. The minimum atomic E-state index is -4.45. The molecule has 0 spiro atoms. The number of hydrogen-bond donors (Lipinski definition) is 0. The first-order chi connectivity index (χ1) is 9.38. The largest absolute Gasteiger partial charge is 0.489 e. The van der Waals surface area contributed by atoms with Crippen molar-refractivity contribution in [2.45, 2.75) is 18.7 Å². The molecule has 1 aliphatic heterocycles. The van der Waals surface area contributed by atoms with Crippen molar-refractivity contribution in [2.75, 3.05) is 20.1 Å². The van der Waals surface area contributed by atoms with Crippen molar-refractivity contribution in [3.05, 3.63) is 23.8 Å². The molecule has 1 heterocycles. The number of rotatable bonds is 3. The fourth-order valence-corrected chi connectivity index (χ4v) is 2.22. The molecular formula is C13H13F3N2OS. The zero-order valence-electron chi connectivity index (χ0n) is 10.8. The van der Waals surface area contributed by atoms with Crippen molar-refractivity contribution in [1.82, 2.24) is 4.90 Å². The second-order valence-electron chi connectivity index (χ2n) is 4.71. The molecule has 2 rings (SSSR count). The Kier molecular flexibility index (Phi) is 4.42.